The number of nitrogens with one attached hydrogen (secondary N) is 2. The van der Waals surface area contributed by atoms with E-state index in [1.807, 2.05) is 11.8 Å². The van der Waals surface area contributed by atoms with E-state index >= 15 is 0 Å². The Bertz CT molecular complexity index is 368. The zero-order chi connectivity index (χ0) is 13.7. The van der Waals surface area contributed by atoms with Gasteiger partial charge in [-0.15, -0.1) is 0 Å². The van der Waals surface area contributed by atoms with E-state index in [1.165, 1.54) is 0 Å². The standard InChI is InChI=1S/C14H23N3O2/c1-2-13(18)17-9-8-12(10-17)16-14(19)15-11-6-4-3-5-7-11/h3-4,11-12H,2,5-10H2,1H3,(H2,15,16,19)/t11-,12+/m1/s1. The second kappa shape index (κ2) is 6.59. The van der Waals surface area contributed by atoms with Crippen LogP contribution in [0.5, 0.6) is 0 Å². The van der Waals surface area contributed by atoms with Gasteiger partial charge < -0.3 is 15.5 Å². The first-order valence-electron chi connectivity index (χ1n) is 7.19. The van der Waals surface area contributed by atoms with Gasteiger partial charge in [-0.3, -0.25) is 4.79 Å². The van der Waals surface area contributed by atoms with Gasteiger partial charge in [-0.1, -0.05) is 19.1 Å². The highest BCUT2D eigenvalue weighted by molar-refractivity contribution is 5.77. The Morgan fingerprint density at radius 3 is 2.68 bits per heavy atom. The van der Waals surface area contributed by atoms with E-state index in [2.05, 4.69) is 22.8 Å². The number of urea groups is 1. The van der Waals surface area contributed by atoms with Crippen molar-refractivity contribution >= 4 is 11.9 Å². The largest absolute Gasteiger partial charge is 0.341 e. The van der Waals surface area contributed by atoms with Crippen molar-refractivity contribution in [1.82, 2.24) is 15.5 Å². The molecule has 2 N–H and O–H groups in total. The van der Waals surface area contributed by atoms with E-state index < -0.39 is 0 Å². The maximum Gasteiger partial charge on any atom is 0.315 e. The molecule has 1 aliphatic heterocycles. The summed E-state index contributed by atoms with van der Waals surface area (Å²) in [7, 11) is 0. The highest BCUT2D eigenvalue weighted by Gasteiger charge is 2.26. The number of carbonyl (C=O) groups is 2. The van der Waals surface area contributed by atoms with Gasteiger partial charge in [0.05, 0.1) is 0 Å². The minimum atomic E-state index is -0.101. The number of hydrogen-bond acceptors (Lipinski definition) is 2. The fourth-order valence-electron chi connectivity index (χ4n) is 2.67. The normalized spacial score (nSPS) is 26.3. The lowest BCUT2D eigenvalue weighted by atomic mass is 10.0. The van der Waals surface area contributed by atoms with Crippen LogP contribution in [0, 0.1) is 0 Å². The molecular formula is C14H23N3O2. The number of amides is 3. The van der Waals surface area contributed by atoms with Crippen molar-refractivity contribution in [1.29, 1.82) is 0 Å². The van der Waals surface area contributed by atoms with Crippen LogP contribution in [-0.2, 0) is 4.79 Å². The topological polar surface area (TPSA) is 61.4 Å². The molecule has 0 saturated carbocycles. The van der Waals surface area contributed by atoms with Gasteiger partial charge in [-0.25, -0.2) is 4.79 Å². The minimum absolute atomic E-state index is 0.0923. The van der Waals surface area contributed by atoms with Crippen LogP contribution in [0.15, 0.2) is 12.2 Å². The summed E-state index contributed by atoms with van der Waals surface area (Å²) in [5.41, 5.74) is 0. The number of nitrogens with zero attached hydrogens (tertiary/aromatic N) is 1. The van der Waals surface area contributed by atoms with E-state index in [0.717, 1.165) is 32.2 Å². The molecule has 0 radical (unpaired) electrons. The van der Waals surface area contributed by atoms with Crippen molar-refractivity contribution < 1.29 is 9.59 Å². The maximum atomic E-state index is 11.9. The van der Waals surface area contributed by atoms with Gasteiger partial charge >= 0.3 is 6.03 Å². The fraction of sp³-hybridized carbons (Fsp3) is 0.714. The molecule has 2 atom stereocenters. The highest BCUT2D eigenvalue weighted by Crippen LogP contribution is 2.12. The van der Waals surface area contributed by atoms with Gasteiger partial charge in [-0.05, 0) is 25.7 Å². The van der Waals surface area contributed by atoms with E-state index in [1.54, 1.807) is 0 Å². The first kappa shape index (κ1) is 13.9. The van der Waals surface area contributed by atoms with Crippen LogP contribution in [0.3, 0.4) is 0 Å². The molecule has 1 heterocycles. The van der Waals surface area contributed by atoms with Crippen LogP contribution in [0.1, 0.15) is 39.0 Å². The Labute approximate surface area is 114 Å². The SMILES string of the molecule is CCC(=O)N1CC[C@H](NC(=O)N[C@@H]2CC=CCC2)C1. The molecule has 5 heteroatoms. The van der Waals surface area contributed by atoms with Crippen molar-refractivity contribution in [2.24, 2.45) is 0 Å². The van der Waals surface area contributed by atoms with Crippen LogP contribution in [0.25, 0.3) is 0 Å². The third-order valence-corrected chi connectivity index (χ3v) is 3.78. The quantitative estimate of drug-likeness (QED) is 0.758. The van der Waals surface area contributed by atoms with Crippen molar-refractivity contribution in [2.45, 2.75) is 51.1 Å². The second-order valence-electron chi connectivity index (χ2n) is 5.28. The Morgan fingerprint density at radius 1 is 1.21 bits per heavy atom. The van der Waals surface area contributed by atoms with Gasteiger partial charge in [0.1, 0.15) is 0 Å². The smallest absolute Gasteiger partial charge is 0.315 e. The van der Waals surface area contributed by atoms with Crippen molar-refractivity contribution in [2.75, 3.05) is 13.1 Å². The third-order valence-electron chi connectivity index (χ3n) is 3.78. The number of rotatable bonds is 3. The van der Waals surface area contributed by atoms with E-state index in [4.69, 9.17) is 0 Å². The van der Waals surface area contributed by atoms with Crippen molar-refractivity contribution in [3.05, 3.63) is 12.2 Å². The van der Waals surface area contributed by atoms with Gasteiger partial charge in [-0.2, -0.15) is 0 Å². The average Bonchev–Trinajstić information content (AvgIpc) is 2.87. The Kier molecular flexibility index (Phi) is 4.82. The molecule has 0 bridgehead atoms. The van der Waals surface area contributed by atoms with Crippen LogP contribution in [0.2, 0.25) is 0 Å². The second-order valence-corrected chi connectivity index (χ2v) is 5.28. The lowest BCUT2D eigenvalue weighted by Gasteiger charge is -2.21. The highest BCUT2D eigenvalue weighted by atomic mass is 16.2. The molecule has 3 amide bonds. The Balaban J connectivity index is 1.71. The van der Waals surface area contributed by atoms with E-state index in [9.17, 15) is 9.59 Å². The zero-order valence-electron chi connectivity index (χ0n) is 11.5. The molecule has 0 unspecified atom stereocenters. The van der Waals surface area contributed by atoms with Gasteiger partial charge in [0.2, 0.25) is 5.91 Å². The minimum Gasteiger partial charge on any atom is -0.341 e. The number of hydrogen-bond donors (Lipinski definition) is 2. The van der Waals surface area contributed by atoms with E-state index in [-0.39, 0.29) is 24.0 Å². The van der Waals surface area contributed by atoms with Crippen LogP contribution in [-0.4, -0.2) is 42.0 Å². The van der Waals surface area contributed by atoms with Crippen LogP contribution in [0.4, 0.5) is 4.79 Å². The predicted molar refractivity (Wildman–Crippen MR) is 73.7 cm³/mol. The summed E-state index contributed by atoms with van der Waals surface area (Å²) in [6.45, 7) is 3.26. The molecule has 5 nitrogen and oxygen atoms in total. The van der Waals surface area contributed by atoms with Crippen molar-refractivity contribution in [3.63, 3.8) is 0 Å². The van der Waals surface area contributed by atoms with E-state index in [0.29, 0.717) is 13.0 Å². The van der Waals surface area contributed by atoms with Crippen LogP contribution < -0.4 is 10.6 Å². The lowest BCUT2D eigenvalue weighted by Crippen LogP contribution is -2.47. The number of likely N-dealkylation sites (tertiary alicyclic amines) is 1. The van der Waals surface area contributed by atoms with Crippen LogP contribution >= 0.6 is 0 Å². The number of carbonyl (C=O) groups excluding carboxylic acids is 2. The molecule has 1 aliphatic carbocycles. The lowest BCUT2D eigenvalue weighted by molar-refractivity contribution is -0.129. The third kappa shape index (κ3) is 3.98. The Hall–Kier alpha value is -1.52. The first-order chi connectivity index (χ1) is 9.19. The molecule has 0 aromatic carbocycles. The maximum absolute atomic E-state index is 11.9. The molecule has 1 saturated heterocycles. The summed E-state index contributed by atoms with van der Waals surface area (Å²) in [6.07, 6.45) is 8.62. The van der Waals surface area contributed by atoms with Gasteiger partial charge in [0, 0.05) is 31.6 Å². The summed E-state index contributed by atoms with van der Waals surface area (Å²) in [4.78, 5) is 25.2. The molecule has 0 aromatic rings. The Morgan fingerprint density at radius 2 is 2.00 bits per heavy atom. The summed E-state index contributed by atoms with van der Waals surface area (Å²) < 4.78 is 0. The zero-order valence-corrected chi connectivity index (χ0v) is 11.5. The molecule has 2 rings (SSSR count). The average molecular weight is 265 g/mol. The summed E-state index contributed by atoms with van der Waals surface area (Å²) in [6, 6.07) is 0.241. The summed E-state index contributed by atoms with van der Waals surface area (Å²) in [5, 5.41) is 5.97. The molecule has 2 aliphatic rings. The van der Waals surface area contributed by atoms with Crippen molar-refractivity contribution in [3.8, 4) is 0 Å². The molecule has 0 spiro atoms. The van der Waals surface area contributed by atoms with Gasteiger partial charge in [0.25, 0.3) is 0 Å². The first-order valence-corrected chi connectivity index (χ1v) is 7.19. The summed E-state index contributed by atoms with van der Waals surface area (Å²) in [5.74, 6) is 0.169. The number of allylic oxidation sites excluding steroid dienone is 1. The molecule has 106 valence electrons. The fourth-order valence-corrected chi connectivity index (χ4v) is 2.67. The summed E-state index contributed by atoms with van der Waals surface area (Å²) >= 11 is 0. The molecule has 19 heavy (non-hydrogen) atoms. The molecular weight excluding hydrogens is 242 g/mol. The predicted octanol–water partition coefficient (Wildman–Crippen LogP) is 1.41. The van der Waals surface area contributed by atoms with Gasteiger partial charge in [0.15, 0.2) is 0 Å². The molecule has 0 aromatic heterocycles. The molecule has 1 fully saturated rings. The monoisotopic (exact) mass is 265 g/mol.